The zero-order chi connectivity index (χ0) is 17.2. The Balaban J connectivity index is 2.13. The lowest BCUT2D eigenvalue weighted by Gasteiger charge is -2.12. The summed E-state index contributed by atoms with van der Waals surface area (Å²) in [5.74, 6) is 0.490. The minimum absolute atomic E-state index is 0.172. The molecule has 0 unspecified atom stereocenters. The molecule has 5 heteroatoms. The minimum Gasteiger partial charge on any atom is -0.466 e. The van der Waals surface area contributed by atoms with E-state index in [-0.39, 0.29) is 12.8 Å². The van der Waals surface area contributed by atoms with Gasteiger partial charge in [0.05, 0.1) is 18.7 Å². The fourth-order valence-electron chi connectivity index (χ4n) is 2.31. The number of aromatic nitrogens is 1. The molecule has 0 fully saturated rings. The van der Waals surface area contributed by atoms with Gasteiger partial charge in [0.15, 0.2) is 6.79 Å². The average molecular weight is 329 g/mol. The van der Waals surface area contributed by atoms with Crippen LogP contribution in [-0.4, -0.2) is 31.5 Å². The van der Waals surface area contributed by atoms with E-state index in [0.717, 1.165) is 17.0 Å². The second kappa shape index (κ2) is 9.67. The highest BCUT2D eigenvalue weighted by molar-refractivity contribution is 5.69. The third kappa shape index (κ3) is 5.66. The SMILES string of the molecule is CCOC(=O)CCc1ccc(OCOC)c(Cc2ccccc2)n1. The van der Waals surface area contributed by atoms with E-state index in [0.29, 0.717) is 31.6 Å². The molecule has 0 aliphatic carbocycles. The fourth-order valence-corrected chi connectivity index (χ4v) is 2.31. The van der Waals surface area contributed by atoms with Crippen molar-refractivity contribution in [1.82, 2.24) is 4.98 Å². The van der Waals surface area contributed by atoms with Crippen LogP contribution in [0.5, 0.6) is 5.75 Å². The summed E-state index contributed by atoms with van der Waals surface area (Å²) in [4.78, 5) is 16.2. The van der Waals surface area contributed by atoms with Gasteiger partial charge in [0, 0.05) is 25.6 Å². The quantitative estimate of drug-likeness (QED) is 0.522. The lowest BCUT2D eigenvalue weighted by molar-refractivity contribution is -0.143. The summed E-state index contributed by atoms with van der Waals surface area (Å²) in [7, 11) is 1.58. The van der Waals surface area contributed by atoms with Gasteiger partial charge in [-0.15, -0.1) is 0 Å². The van der Waals surface area contributed by atoms with Crippen molar-refractivity contribution >= 4 is 5.97 Å². The second-order valence-electron chi connectivity index (χ2n) is 5.27. The van der Waals surface area contributed by atoms with E-state index < -0.39 is 0 Å². The third-order valence-electron chi connectivity index (χ3n) is 3.43. The van der Waals surface area contributed by atoms with Gasteiger partial charge in [-0.2, -0.15) is 0 Å². The predicted octanol–water partition coefficient (Wildman–Crippen LogP) is 3.15. The molecule has 0 radical (unpaired) electrons. The van der Waals surface area contributed by atoms with Gasteiger partial charge < -0.3 is 14.2 Å². The van der Waals surface area contributed by atoms with E-state index >= 15 is 0 Å². The Morgan fingerprint density at radius 3 is 2.62 bits per heavy atom. The maximum absolute atomic E-state index is 11.5. The first-order valence-electron chi connectivity index (χ1n) is 8.03. The van der Waals surface area contributed by atoms with Crippen LogP contribution >= 0.6 is 0 Å². The van der Waals surface area contributed by atoms with E-state index in [4.69, 9.17) is 14.2 Å². The summed E-state index contributed by atoms with van der Waals surface area (Å²) < 4.78 is 15.5. The molecule has 0 atom stereocenters. The Morgan fingerprint density at radius 2 is 1.92 bits per heavy atom. The van der Waals surface area contributed by atoms with Crippen LogP contribution in [0.25, 0.3) is 0 Å². The summed E-state index contributed by atoms with van der Waals surface area (Å²) in [6.07, 6.45) is 1.53. The molecule has 0 aliphatic heterocycles. The van der Waals surface area contributed by atoms with Crippen molar-refractivity contribution in [3.8, 4) is 5.75 Å². The van der Waals surface area contributed by atoms with Crippen molar-refractivity contribution in [2.24, 2.45) is 0 Å². The normalized spacial score (nSPS) is 10.4. The number of esters is 1. The Morgan fingerprint density at radius 1 is 1.12 bits per heavy atom. The van der Waals surface area contributed by atoms with Crippen molar-refractivity contribution in [3.63, 3.8) is 0 Å². The van der Waals surface area contributed by atoms with Crippen molar-refractivity contribution in [2.45, 2.75) is 26.2 Å². The molecular weight excluding hydrogens is 306 g/mol. The maximum atomic E-state index is 11.5. The average Bonchev–Trinajstić information content (AvgIpc) is 2.60. The van der Waals surface area contributed by atoms with E-state index in [9.17, 15) is 4.79 Å². The lowest BCUT2D eigenvalue weighted by atomic mass is 10.1. The third-order valence-corrected chi connectivity index (χ3v) is 3.43. The highest BCUT2D eigenvalue weighted by atomic mass is 16.7. The number of aryl methyl sites for hydroxylation is 1. The summed E-state index contributed by atoms with van der Waals surface area (Å²) in [5.41, 5.74) is 2.83. The second-order valence-corrected chi connectivity index (χ2v) is 5.27. The molecule has 0 bridgehead atoms. The van der Waals surface area contributed by atoms with Crippen LogP contribution in [0.3, 0.4) is 0 Å². The van der Waals surface area contributed by atoms with Crippen LogP contribution in [0.4, 0.5) is 0 Å². The summed E-state index contributed by atoms with van der Waals surface area (Å²) >= 11 is 0. The molecule has 2 rings (SSSR count). The smallest absolute Gasteiger partial charge is 0.306 e. The van der Waals surface area contributed by atoms with Crippen molar-refractivity contribution in [3.05, 3.63) is 59.4 Å². The first-order valence-corrected chi connectivity index (χ1v) is 8.03. The number of benzene rings is 1. The van der Waals surface area contributed by atoms with E-state index in [1.165, 1.54) is 0 Å². The molecule has 1 heterocycles. The molecule has 0 saturated carbocycles. The minimum atomic E-state index is -0.205. The van der Waals surface area contributed by atoms with E-state index in [1.807, 2.05) is 42.5 Å². The van der Waals surface area contributed by atoms with E-state index in [1.54, 1.807) is 14.0 Å². The molecule has 0 saturated heterocycles. The number of carbonyl (C=O) groups excluding carboxylic acids is 1. The molecule has 0 amide bonds. The molecule has 24 heavy (non-hydrogen) atoms. The van der Waals surface area contributed by atoms with Gasteiger partial charge >= 0.3 is 5.97 Å². The molecule has 1 aromatic heterocycles. The highest BCUT2D eigenvalue weighted by Gasteiger charge is 2.10. The first kappa shape index (κ1) is 17.9. The number of rotatable bonds is 9. The number of carbonyl (C=O) groups is 1. The molecule has 1 aromatic carbocycles. The Labute approximate surface area is 142 Å². The van der Waals surface area contributed by atoms with Crippen molar-refractivity contribution in [2.75, 3.05) is 20.5 Å². The highest BCUT2D eigenvalue weighted by Crippen LogP contribution is 2.21. The molecule has 2 aromatic rings. The molecule has 128 valence electrons. The van der Waals surface area contributed by atoms with Crippen LogP contribution in [0.1, 0.15) is 30.3 Å². The number of pyridine rings is 1. The van der Waals surface area contributed by atoms with Crippen molar-refractivity contribution < 1.29 is 19.0 Å². The lowest BCUT2D eigenvalue weighted by Crippen LogP contribution is -2.08. The fraction of sp³-hybridized carbons (Fsp3) is 0.368. The van der Waals surface area contributed by atoms with Crippen molar-refractivity contribution in [1.29, 1.82) is 0 Å². The zero-order valence-electron chi connectivity index (χ0n) is 14.2. The van der Waals surface area contributed by atoms with E-state index in [2.05, 4.69) is 4.98 Å². The topological polar surface area (TPSA) is 57.7 Å². The van der Waals surface area contributed by atoms with Crippen LogP contribution in [0.2, 0.25) is 0 Å². The number of ether oxygens (including phenoxy) is 3. The number of nitrogens with zero attached hydrogens (tertiary/aromatic N) is 1. The summed E-state index contributed by atoms with van der Waals surface area (Å²) in [6.45, 7) is 2.37. The van der Waals surface area contributed by atoms with Gasteiger partial charge in [0.25, 0.3) is 0 Å². The van der Waals surface area contributed by atoms with Gasteiger partial charge in [-0.3, -0.25) is 9.78 Å². The van der Waals surface area contributed by atoms with Crippen LogP contribution in [0, 0.1) is 0 Å². The molecule has 0 N–H and O–H groups in total. The standard InChI is InChI=1S/C19H23NO4/c1-3-23-19(21)12-10-16-9-11-18(24-14-22-2)17(20-16)13-15-7-5-4-6-8-15/h4-9,11H,3,10,12-14H2,1-2H3. The van der Waals surface area contributed by atoms with Crippen LogP contribution in [-0.2, 0) is 27.1 Å². The largest absolute Gasteiger partial charge is 0.466 e. The monoisotopic (exact) mass is 329 g/mol. The predicted molar refractivity (Wildman–Crippen MR) is 90.9 cm³/mol. The number of hydrogen-bond donors (Lipinski definition) is 0. The number of hydrogen-bond acceptors (Lipinski definition) is 5. The van der Waals surface area contributed by atoms with Gasteiger partial charge in [-0.25, -0.2) is 0 Å². The van der Waals surface area contributed by atoms with Gasteiger partial charge in [0.1, 0.15) is 5.75 Å². The van der Waals surface area contributed by atoms with Gasteiger partial charge in [-0.1, -0.05) is 30.3 Å². The number of methoxy groups -OCH3 is 1. The zero-order valence-corrected chi connectivity index (χ0v) is 14.2. The first-order chi connectivity index (χ1) is 11.7. The summed E-state index contributed by atoms with van der Waals surface area (Å²) in [6, 6.07) is 13.8. The Kier molecular flexibility index (Phi) is 7.23. The van der Waals surface area contributed by atoms with Gasteiger partial charge in [0.2, 0.25) is 0 Å². The Bertz CT molecular complexity index is 643. The molecule has 0 aliphatic rings. The molecule has 5 nitrogen and oxygen atoms in total. The molecular formula is C19H23NO4. The molecule has 0 spiro atoms. The maximum Gasteiger partial charge on any atom is 0.306 e. The summed E-state index contributed by atoms with van der Waals surface area (Å²) in [5, 5.41) is 0. The van der Waals surface area contributed by atoms with Crippen LogP contribution < -0.4 is 4.74 Å². The Hall–Kier alpha value is -2.40. The van der Waals surface area contributed by atoms with Crippen LogP contribution in [0.15, 0.2) is 42.5 Å². The van der Waals surface area contributed by atoms with Gasteiger partial charge in [-0.05, 0) is 24.6 Å².